The van der Waals surface area contributed by atoms with Crippen LogP contribution in [0.5, 0.6) is 0 Å². The lowest BCUT2D eigenvalue weighted by Gasteiger charge is -2.12. The predicted octanol–water partition coefficient (Wildman–Crippen LogP) is 5.52. The van der Waals surface area contributed by atoms with Crippen molar-refractivity contribution in [3.63, 3.8) is 0 Å². The third kappa shape index (κ3) is 3.71. The van der Waals surface area contributed by atoms with Crippen molar-refractivity contribution in [1.29, 1.82) is 0 Å². The summed E-state index contributed by atoms with van der Waals surface area (Å²) in [7, 11) is 0. The van der Waals surface area contributed by atoms with Gasteiger partial charge in [-0.25, -0.2) is 9.37 Å². The molecule has 0 fully saturated rings. The molecule has 0 saturated carbocycles. The first-order valence-electron chi connectivity index (χ1n) is 10.7. The second kappa shape index (κ2) is 7.90. The molecule has 0 unspecified atom stereocenters. The van der Waals surface area contributed by atoms with Crippen molar-refractivity contribution in [3.8, 4) is 0 Å². The first kappa shape index (κ1) is 19.2. The highest BCUT2D eigenvalue weighted by molar-refractivity contribution is 5.91. The maximum Gasteiger partial charge on any atom is 0.229 e. The summed E-state index contributed by atoms with van der Waals surface area (Å²) in [4.78, 5) is 12.5. The van der Waals surface area contributed by atoms with Crippen LogP contribution in [0.1, 0.15) is 5.56 Å². The smallest absolute Gasteiger partial charge is 0.229 e. The van der Waals surface area contributed by atoms with E-state index < -0.39 is 0 Å². The Morgan fingerprint density at radius 1 is 0.909 bits per heavy atom. The molecule has 8 heteroatoms. The van der Waals surface area contributed by atoms with E-state index in [1.807, 2.05) is 36.5 Å². The standard InChI is InChI=1S/C25H20FN7/c26-17-5-7-23-20(12-17)24(27-10-9-15-13-28-22-4-2-1-3-19(15)22)32-25(31-23)30-18-6-8-21-16(11-18)14-29-33-21/h1-8,11-14,28H,9-10H2,(H,29,33)(H2,27,30,31,32). The molecule has 0 radical (unpaired) electrons. The number of aromatic nitrogens is 5. The Kier molecular flexibility index (Phi) is 4.61. The summed E-state index contributed by atoms with van der Waals surface area (Å²) >= 11 is 0. The van der Waals surface area contributed by atoms with Gasteiger partial charge in [-0.15, -0.1) is 0 Å². The van der Waals surface area contributed by atoms with Gasteiger partial charge >= 0.3 is 0 Å². The van der Waals surface area contributed by atoms with E-state index in [1.165, 1.54) is 23.1 Å². The molecule has 3 aromatic heterocycles. The Balaban J connectivity index is 1.29. The zero-order valence-electron chi connectivity index (χ0n) is 17.6. The number of nitrogens with one attached hydrogen (secondary N) is 4. The number of para-hydroxylation sites is 1. The number of benzene rings is 3. The van der Waals surface area contributed by atoms with Crippen LogP contribution >= 0.6 is 0 Å². The summed E-state index contributed by atoms with van der Waals surface area (Å²) in [6.07, 6.45) is 4.59. The first-order valence-corrected chi connectivity index (χ1v) is 10.7. The third-order valence-electron chi connectivity index (χ3n) is 5.72. The zero-order chi connectivity index (χ0) is 22.2. The van der Waals surface area contributed by atoms with Crippen LogP contribution in [0.25, 0.3) is 32.7 Å². The fraction of sp³-hybridized carbons (Fsp3) is 0.0800. The molecule has 33 heavy (non-hydrogen) atoms. The minimum absolute atomic E-state index is 0.322. The Hall–Kier alpha value is -4.46. The summed E-state index contributed by atoms with van der Waals surface area (Å²) in [6.45, 7) is 0.644. The lowest BCUT2D eigenvalue weighted by Crippen LogP contribution is -2.09. The zero-order valence-corrected chi connectivity index (χ0v) is 17.6. The van der Waals surface area contributed by atoms with E-state index in [2.05, 4.69) is 47.9 Å². The van der Waals surface area contributed by atoms with E-state index >= 15 is 0 Å². The third-order valence-corrected chi connectivity index (χ3v) is 5.72. The summed E-state index contributed by atoms with van der Waals surface area (Å²) < 4.78 is 14.0. The van der Waals surface area contributed by atoms with Gasteiger partial charge < -0.3 is 15.6 Å². The van der Waals surface area contributed by atoms with Crippen molar-refractivity contribution in [3.05, 3.63) is 84.4 Å². The van der Waals surface area contributed by atoms with Crippen LogP contribution in [0.2, 0.25) is 0 Å². The predicted molar refractivity (Wildman–Crippen MR) is 129 cm³/mol. The van der Waals surface area contributed by atoms with Gasteiger partial charge in [0.25, 0.3) is 0 Å². The lowest BCUT2D eigenvalue weighted by molar-refractivity contribution is 0.629. The van der Waals surface area contributed by atoms with E-state index in [0.717, 1.165) is 28.5 Å². The van der Waals surface area contributed by atoms with Gasteiger partial charge in [0.05, 0.1) is 17.2 Å². The Labute approximate surface area is 188 Å². The number of hydrogen-bond acceptors (Lipinski definition) is 5. The van der Waals surface area contributed by atoms with Gasteiger partial charge in [-0.2, -0.15) is 10.1 Å². The second-order valence-corrected chi connectivity index (χ2v) is 7.89. The SMILES string of the molecule is Fc1ccc2nc(Nc3ccc4[nH]ncc4c3)nc(NCCc3c[nH]c4ccccc34)c2c1. The molecular weight excluding hydrogens is 417 g/mol. The monoisotopic (exact) mass is 437 g/mol. The van der Waals surface area contributed by atoms with Crippen LogP contribution < -0.4 is 10.6 Å². The van der Waals surface area contributed by atoms with E-state index in [-0.39, 0.29) is 5.82 Å². The Morgan fingerprint density at radius 2 is 1.85 bits per heavy atom. The van der Waals surface area contributed by atoms with Crippen LogP contribution in [0, 0.1) is 5.82 Å². The van der Waals surface area contributed by atoms with Gasteiger partial charge in [-0.05, 0) is 54.4 Å². The molecule has 0 amide bonds. The van der Waals surface area contributed by atoms with Gasteiger partial charge in [-0.1, -0.05) is 18.2 Å². The molecule has 3 aromatic carbocycles. The number of H-pyrrole nitrogens is 2. The number of aromatic amines is 2. The highest BCUT2D eigenvalue weighted by Gasteiger charge is 2.11. The molecule has 0 spiro atoms. The van der Waals surface area contributed by atoms with Crippen LogP contribution in [0.15, 0.2) is 73.1 Å². The van der Waals surface area contributed by atoms with E-state index in [0.29, 0.717) is 29.2 Å². The van der Waals surface area contributed by atoms with Gasteiger partial charge in [0.1, 0.15) is 11.6 Å². The van der Waals surface area contributed by atoms with Gasteiger partial charge in [0, 0.05) is 40.1 Å². The van der Waals surface area contributed by atoms with Crippen molar-refractivity contribution >= 4 is 50.2 Å². The summed E-state index contributed by atoms with van der Waals surface area (Å²) in [6, 6.07) is 18.6. The molecule has 0 aliphatic carbocycles. The van der Waals surface area contributed by atoms with Crippen LogP contribution in [-0.4, -0.2) is 31.7 Å². The summed E-state index contributed by atoms with van der Waals surface area (Å²) in [5.74, 6) is 0.703. The van der Waals surface area contributed by atoms with Crippen molar-refractivity contribution in [2.45, 2.75) is 6.42 Å². The van der Waals surface area contributed by atoms with Gasteiger partial charge in [0.2, 0.25) is 5.95 Å². The topological polar surface area (TPSA) is 94.3 Å². The quantitative estimate of drug-likeness (QED) is 0.275. The van der Waals surface area contributed by atoms with E-state index in [9.17, 15) is 4.39 Å². The van der Waals surface area contributed by atoms with Crippen LogP contribution in [0.4, 0.5) is 21.8 Å². The molecule has 6 aromatic rings. The molecule has 3 heterocycles. The number of anilines is 3. The molecule has 4 N–H and O–H groups in total. The highest BCUT2D eigenvalue weighted by atomic mass is 19.1. The van der Waals surface area contributed by atoms with Crippen molar-refractivity contribution in [1.82, 2.24) is 25.1 Å². The maximum absolute atomic E-state index is 14.0. The molecule has 0 bridgehead atoms. The molecule has 7 nitrogen and oxygen atoms in total. The number of hydrogen-bond donors (Lipinski definition) is 4. The largest absolute Gasteiger partial charge is 0.369 e. The average Bonchev–Trinajstić information content (AvgIpc) is 3.46. The fourth-order valence-corrected chi connectivity index (χ4v) is 4.09. The van der Waals surface area contributed by atoms with Gasteiger partial charge in [0.15, 0.2) is 0 Å². The minimum atomic E-state index is -0.322. The number of rotatable bonds is 6. The minimum Gasteiger partial charge on any atom is -0.369 e. The lowest BCUT2D eigenvalue weighted by atomic mass is 10.1. The normalized spacial score (nSPS) is 11.4. The molecule has 6 rings (SSSR count). The van der Waals surface area contributed by atoms with Crippen LogP contribution in [-0.2, 0) is 6.42 Å². The van der Waals surface area contributed by atoms with Crippen molar-refractivity contribution in [2.75, 3.05) is 17.2 Å². The summed E-state index contributed by atoms with van der Waals surface area (Å²) in [5, 5.41) is 16.5. The van der Waals surface area contributed by atoms with Crippen LogP contribution in [0.3, 0.4) is 0 Å². The van der Waals surface area contributed by atoms with Gasteiger partial charge in [-0.3, -0.25) is 5.10 Å². The fourth-order valence-electron chi connectivity index (χ4n) is 4.09. The van der Waals surface area contributed by atoms with Crippen molar-refractivity contribution in [2.24, 2.45) is 0 Å². The highest BCUT2D eigenvalue weighted by Crippen LogP contribution is 2.26. The Morgan fingerprint density at radius 3 is 2.82 bits per heavy atom. The number of fused-ring (bicyclic) bond motifs is 3. The molecule has 0 atom stereocenters. The maximum atomic E-state index is 14.0. The Bertz CT molecular complexity index is 1600. The molecule has 162 valence electrons. The van der Waals surface area contributed by atoms with Crippen molar-refractivity contribution < 1.29 is 4.39 Å². The van der Waals surface area contributed by atoms with E-state index in [1.54, 1.807) is 12.3 Å². The molecule has 0 aliphatic rings. The average molecular weight is 437 g/mol. The summed E-state index contributed by atoms with van der Waals surface area (Å²) in [5.41, 5.74) is 4.79. The molecule has 0 aliphatic heterocycles. The number of nitrogens with zero attached hydrogens (tertiary/aromatic N) is 3. The van der Waals surface area contributed by atoms with E-state index in [4.69, 9.17) is 0 Å². The molecule has 0 saturated heterocycles. The first-order chi connectivity index (χ1) is 16.2. The second-order valence-electron chi connectivity index (χ2n) is 7.89. The molecular formula is C25H20FN7. The number of halogens is 1.